The molecule has 0 saturated heterocycles. The Hall–Kier alpha value is -1.77. The molecular weight excluding hydrogens is 422 g/mol. The molecule has 0 aromatic carbocycles. The van der Waals surface area contributed by atoms with E-state index in [-0.39, 0.29) is 16.2 Å². The highest BCUT2D eigenvalue weighted by Crippen LogP contribution is 2.35. The maximum absolute atomic E-state index is 13.2. The van der Waals surface area contributed by atoms with Crippen LogP contribution in [-0.2, 0) is 25.7 Å². The van der Waals surface area contributed by atoms with Gasteiger partial charge in [-0.3, -0.25) is 15.0 Å². The van der Waals surface area contributed by atoms with Crippen molar-refractivity contribution in [3.8, 4) is 0 Å². The van der Waals surface area contributed by atoms with Crippen LogP contribution in [-0.4, -0.2) is 15.6 Å². The number of aromatic nitrogens is 2. The van der Waals surface area contributed by atoms with Crippen molar-refractivity contribution < 1.29 is 4.79 Å². The molecule has 0 bridgehead atoms. The fourth-order valence-electron chi connectivity index (χ4n) is 4.46. The minimum atomic E-state index is -0.262. The van der Waals surface area contributed by atoms with Gasteiger partial charge in [-0.2, -0.15) is 4.68 Å². The zero-order chi connectivity index (χ0) is 20.1. The predicted octanol–water partition coefficient (Wildman–Crippen LogP) is 4.96. The van der Waals surface area contributed by atoms with Gasteiger partial charge >= 0.3 is 0 Å². The quantitative estimate of drug-likeness (QED) is 0.433. The predicted molar refractivity (Wildman–Crippen MR) is 122 cm³/mol. The minimum absolute atomic E-state index is 0.220. The lowest BCUT2D eigenvalue weighted by atomic mass is 9.89. The van der Waals surface area contributed by atoms with E-state index < -0.39 is 0 Å². The molecule has 0 saturated carbocycles. The average molecular weight is 446 g/mol. The largest absolute Gasteiger partial charge is 0.322 e. The fourth-order valence-corrected chi connectivity index (χ4v) is 7.30. The number of hydrogen-bond donors (Lipinski definition) is 2. The fraction of sp³-hybridized carbons (Fsp3) is 0.476. The van der Waals surface area contributed by atoms with Crippen LogP contribution in [0.1, 0.15) is 63.2 Å². The molecule has 2 aliphatic carbocycles. The lowest BCUT2D eigenvalue weighted by Gasteiger charge is -2.17. The van der Waals surface area contributed by atoms with Crippen molar-refractivity contribution in [2.75, 3.05) is 5.43 Å². The Labute approximate surface area is 181 Å². The molecule has 8 heteroatoms. The summed E-state index contributed by atoms with van der Waals surface area (Å²) in [4.78, 5) is 33.4. The van der Waals surface area contributed by atoms with Crippen LogP contribution in [0.3, 0.4) is 0 Å². The Morgan fingerprint density at radius 3 is 2.90 bits per heavy atom. The van der Waals surface area contributed by atoms with Gasteiger partial charge in [0.05, 0.1) is 10.3 Å². The summed E-state index contributed by atoms with van der Waals surface area (Å²) in [5.74, 6) is 0.372. The second-order valence-electron chi connectivity index (χ2n) is 8.19. The summed E-state index contributed by atoms with van der Waals surface area (Å²) in [5, 5.41) is 0.688. The van der Waals surface area contributed by atoms with Crippen LogP contribution < -0.4 is 11.0 Å². The number of nitrogens with one attached hydrogen (secondary N) is 2. The number of aryl methyl sites for hydroxylation is 3. The van der Waals surface area contributed by atoms with Crippen molar-refractivity contribution in [3.63, 3.8) is 0 Å². The van der Waals surface area contributed by atoms with E-state index in [1.807, 2.05) is 6.07 Å². The first-order valence-electron chi connectivity index (χ1n) is 10.2. The number of carbonyl (C=O) groups is 1. The van der Waals surface area contributed by atoms with Gasteiger partial charge in [0, 0.05) is 9.75 Å². The smallest absolute Gasteiger partial charge is 0.282 e. The summed E-state index contributed by atoms with van der Waals surface area (Å²) < 4.78 is 1.45. The molecule has 5 nitrogen and oxygen atoms in total. The van der Waals surface area contributed by atoms with Crippen molar-refractivity contribution >= 4 is 51.0 Å². The maximum atomic E-state index is 13.2. The maximum Gasteiger partial charge on any atom is 0.282 e. The molecule has 2 aliphatic rings. The van der Waals surface area contributed by atoms with Crippen molar-refractivity contribution in [3.05, 3.63) is 46.9 Å². The van der Waals surface area contributed by atoms with Crippen molar-refractivity contribution in [2.45, 2.75) is 58.3 Å². The molecule has 0 spiro atoms. The highest BCUT2D eigenvalue weighted by atomic mass is 32.1. The van der Waals surface area contributed by atoms with Gasteiger partial charge in [-0.15, -0.1) is 22.7 Å². The Morgan fingerprint density at radius 2 is 2.03 bits per heavy atom. The normalized spacial score (nSPS) is 18.9. The van der Waals surface area contributed by atoms with Gasteiger partial charge in [0.2, 0.25) is 4.77 Å². The van der Waals surface area contributed by atoms with E-state index in [9.17, 15) is 9.59 Å². The Morgan fingerprint density at radius 1 is 1.21 bits per heavy atom. The molecule has 3 heterocycles. The zero-order valence-corrected chi connectivity index (χ0v) is 18.7. The average Bonchev–Trinajstić information content (AvgIpc) is 3.18. The monoisotopic (exact) mass is 445 g/mol. The van der Waals surface area contributed by atoms with Crippen molar-refractivity contribution in [1.82, 2.24) is 9.66 Å². The van der Waals surface area contributed by atoms with Crippen LogP contribution in [0.2, 0.25) is 0 Å². The first-order valence-corrected chi connectivity index (χ1v) is 12.3. The third-order valence-corrected chi connectivity index (χ3v) is 8.73. The van der Waals surface area contributed by atoms with Gasteiger partial charge in [-0.25, -0.2) is 0 Å². The van der Waals surface area contributed by atoms with Crippen LogP contribution in [0.4, 0.5) is 0 Å². The molecular formula is C21H23N3O2S3. The first-order chi connectivity index (χ1) is 14.0. The van der Waals surface area contributed by atoms with E-state index in [4.69, 9.17) is 12.2 Å². The van der Waals surface area contributed by atoms with E-state index in [0.29, 0.717) is 16.2 Å². The van der Waals surface area contributed by atoms with Crippen molar-refractivity contribution in [1.29, 1.82) is 0 Å². The Kier molecular flexibility index (Phi) is 4.96. The van der Waals surface area contributed by atoms with E-state index in [0.717, 1.165) is 42.5 Å². The molecule has 0 fully saturated rings. The lowest BCUT2D eigenvalue weighted by Crippen LogP contribution is -2.34. The van der Waals surface area contributed by atoms with Crippen LogP contribution in [0.5, 0.6) is 0 Å². The van der Waals surface area contributed by atoms with E-state index in [1.165, 1.54) is 39.3 Å². The summed E-state index contributed by atoms with van der Waals surface area (Å²) in [6.07, 6.45) is 8.66. The molecule has 1 unspecified atom stereocenters. The second-order valence-corrected chi connectivity index (χ2v) is 10.8. The number of hydrogen-bond acceptors (Lipinski definition) is 5. The number of rotatable bonds is 2. The summed E-state index contributed by atoms with van der Waals surface area (Å²) >= 11 is 8.58. The van der Waals surface area contributed by atoms with Crippen molar-refractivity contribution in [2.24, 2.45) is 5.92 Å². The number of thiophene rings is 2. The number of H-pyrrole nitrogens is 1. The van der Waals surface area contributed by atoms with E-state index >= 15 is 0 Å². The molecule has 152 valence electrons. The number of aromatic amines is 1. The molecule has 29 heavy (non-hydrogen) atoms. The number of nitrogens with zero attached hydrogens (tertiary/aromatic N) is 1. The molecule has 1 atom stereocenters. The Bertz CT molecular complexity index is 1210. The number of amides is 1. The molecule has 5 rings (SSSR count). The topological polar surface area (TPSA) is 66.9 Å². The first kappa shape index (κ1) is 19.2. The van der Waals surface area contributed by atoms with Crippen LogP contribution >= 0.6 is 34.9 Å². The van der Waals surface area contributed by atoms with Gasteiger partial charge in [-0.1, -0.05) is 13.3 Å². The van der Waals surface area contributed by atoms with E-state index in [2.05, 4.69) is 17.3 Å². The van der Waals surface area contributed by atoms with Gasteiger partial charge in [0.25, 0.3) is 11.5 Å². The molecule has 3 aromatic heterocycles. The summed E-state index contributed by atoms with van der Waals surface area (Å²) in [6.45, 7) is 2.25. The molecule has 0 radical (unpaired) electrons. The summed E-state index contributed by atoms with van der Waals surface area (Å²) in [6, 6.07) is 1.99. The molecule has 0 aliphatic heterocycles. The second kappa shape index (κ2) is 7.49. The molecule has 2 N–H and O–H groups in total. The Balaban J connectivity index is 1.51. The minimum Gasteiger partial charge on any atom is -0.322 e. The summed E-state index contributed by atoms with van der Waals surface area (Å²) in [7, 11) is 0. The van der Waals surface area contributed by atoms with E-state index in [1.54, 1.807) is 22.7 Å². The highest BCUT2D eigenvalue weighted by Gasteiger charge is 2.24. The van der Waals surface area contributed by atoms with Gasteiger partial charge in [-0.05, 0) is 80.3 Å². The SMILES string of the molecule is CC1CCc2c(sc3[nH]c(=S)n(NC(=O)c4cc5c(s4)CCCCC5)c(=O)c23)C1. The van der Waals surface area contributed by atoms with Crippen LogP contribution in [0.25, 0.3) is 10.2 Å². The van der Waals surface area contributed by atoms with Gasteiger partial charge in [0.1, 0.15) is 4.83 Å². The molecule has 1 amide bonds. The van der Waals surface area contributed by atoms with Gasteiger partial charge in [0.15, 0.2) is 0 Å². The third-order valence-electron chi connectivity index (χ3n) is 6.04. The van der Waals surface area contributed by atoms with Gasteiger partial charge < -0.3 is 4.98 Å². The number of fused-ring (bicyclic) bond motifs is 4. The number of carbonyl (C=O) groups excluding carboxylic acids is 1. The van der Waals surface area contributed by atoms with Crippen LogP contribution in [0, 0.1) is 10.7 Å². The zero-order valence-electron chi connectivity index (χ0n) is 16.3. The molecule has 3 aromatic rings. The standard InChI is InChI=1S/C21H23N3O2S3/c1-11-7-8-13-15(9-11)29-19-17(13)20(26)24(21(27)22-19)23-18(25)16-10-12-5-3-2-4-6-14(12)28-16/h10-11H,2-9H2,1H3,(H,22,27)(H,23,25). The summed E-state index contributed by atoms with van der Waals surface area (Å²) in [5.41, 5.74) is 4.96. The van der Waals surface area contributed by atoms with Crippen LogP contribution in [0.15, 0.2) is 10.9 Å². The lowest BCUT2D eigenvalue weighted by molar-refractivity contribution is 0.101. The third kappa shape index (κ3) is 3.41. The highest BCUT2D eigenvalue weighted by molar-refractivity contribution is 7.71.